The number of rotatable bonds is 0. The van der Waals surface area contributed by atoms with Gasteiger partial charge in [-0.05, 0) is 31.4 Å². The Morgan fingerprint density at radius 1 is 1.09 bits per heavy atom. The topological polar surface area (TPSA) is 0 Å². The summed E-state index contributed by atoms with van der Waals surface area (Å²) in [5.41, 5.74) is 1.61. The molecule has 0 fully saturated rings. The number of fused-ring (bicyclic) bond motifs is 1. The van der Waals surface area contributed by atoms with Crippen molar-refractivity contribution in [2.75, 3.05) is 0 Å². The zero-order chi connectivity index (χ0) is 7.52. The van der Waals surface area contributed by atoms with Gasteiger partial charge in [0.15, 0.2) is 5.38 Å². The highest BCUT2D eigenvalue weighted by molar-refractivity contribution is 7.09. The van der Waals surface area contributed by atoms with Crippen molar-refractivity contribution < 1.29 is 0 Å². The Balaban J connectivity index is 2.33. The average Bonchev–Trinajstić information content (AvgIpc) is 2.28. The molecular formula is C10H13S+. The van der Waals surface area contributed by atoms with Crippen molar-refractivity contribution in [3.8, 4) is 0 Å². The molecule has 1 aliphatic carbocycles. The van der Waals surface area contributed by atoms with E-state index in [-0.39, 0.29) is 0 Å². The first-order chi connectivity index (χ1) is 5.47. The van der Waals surface area contributed by atoms with Crippen molar-refractivity contribution in [2.24, 2.45) is 0 Å². The Kier molecular flexibility index (Phi) is 2.18. The van der Waals surface area contributed by atoms with Gasteiger partial charge >= 0.3 is 0 Å². The molecule has 0 bridgehead atoms. The highest BCUT2D eigenvalue weighted by atomic mass is 32.1. The molecule has 1 aromatic rings. The SMILES string of the molecule is c1c[s+]c2c(c1)CCCCC2. The van der Waals surface area contributed by atoms with Crippen LogP contribution >= 0.6 is 11.3 Å². The van der Waals surface area contributed by atoms with E-state index in [1.165, 1.54) is 32.1 Å². The zero-order valence-electron chi connectivity index (χ0n) is 6.68. The second kappa shape index (κ2) is 3.31. The van der Waals surface area contributed by atoms with Gasteiger partial charge in [-0.15, -0.1) is 0 Å². The van der Waals surface area contributed by atoms with Crippen LogP contribution in [0.3, 0.4) is 0 Å². The van der Waals surface area contributed by atoms with Gasteiger partial charge in [0.05, 0.1) is 0 Å². The lowest BCUT2D eigenvalue weighted by atomic mass is 10.1. The summed E-state index contributed by atoms with van der Waals surface area (Å²) >= 11 is 1.93. The fourth-order valence-corrected chi connectivity index (χ4v) is 2.57. The maximum Gasteiger partial charge on any atom is 0.215 e. The maximum absolute atomic E-state index is 2.29. The Labute approximate surface area is 71.9 Å². The Morgan fingerprint density at radius 2 is 2.00 bits per heavy atom. The van der Waals surface area contributed by atoms with Crippen LogP contribution in [-0.2, 0) is 12.8 Å². The number of aryl methyl sites for hydroxylation is 2. The third kappa shape index (κ3) is 1.59. The van der Waals surface area contributed by atoms with Gasteiger partial charge in [-0.3, -0.25) is 0 Å². The van der Waals surface area contributed by atoms with E-state index in [1.54, 1.807) is 10.4 Å². The third-order valence-corrected chi connectivity index (χ3v) is 3.34. The summed E-state index contributed by atoms with van der Waals surface area (Å²) in [6, 6.07) is 4.46. The fourth-order valence-electron chi connectivity index (χ4n) is 1.67. The normalized spacial score (nSPS) is 17.1. The summed E-state index contributed by atoms with van der Waals surface area (Å²) in [6.45, 7) is 0. The van der Waals surface area contributed by atoms with E-state index < -0.39 is 0 Å². The molecule has 0 radical (unpaired) electrons. The molecule has 2 rings (SSSR count). The van der Waals surface area contributed by atoms with Gasteiger partial charge in [0.2, 0.25) is 16.2 Å². The van der Waals surface area contributed by atoms with Gasteiger partial charge in [-0.2, -0.15) is 0 Å². The molecule has 0 aliphatic heterocycles. The molecule has 0 saturated carbocycles. The standard InChI is InChI=1S/C10H13S/c1-2-5-9-6-4-8-11-10(9)7-3-1/h4,6,8H,1-3,5,7H2/q+1. The van der Waals surface area contributed by atoms with Gasteiger partial charge in [0.25, 0.3) is 0 Å². The molecule has 0 aromatic carbocycles. The van der Waals surface area contributed by atoms with Gasteiger partial charge < -0.3 is 0 Å². The number of hydrogen-bond acceptors (Lipinski definition) is 0. The molecule has 0 atom stereocenters. The molecular weight excluding hydrogens is 152 g/mol. The molecule has 0 spiro atoms. The lowest BCUT2D eigenvalue weighted by Gasteiger charge is -1.92. The predicted octanol–water partition coefficient (Wildman–Crippen LogP) is 3.30. The average molecular weight is 165 g/mol. The van der Waals surface area contributed by atoms with E-state index in [4.69, 9.17) is 0 Å². The number of hydrogen-bond donors (Lipinski definition) is 0. The van der Waals surface area contributed by atoms with Crippen LogP contribution < -0.4 is 0 Å². The van der Waals surface area contributed by atoms with E-state index >= 15 is 0 Å². The Hall–Kier alpha value is -0.430. The second-order valence-electron chi connectivity index (χ2n) is 3.12. The first-order valence-corrected chi connectivity index (χ1v) is 5.23. The van der Waals surface area contributed by atoms with Gasteiger partial charge in [0.1, 0.15) is 0 Å². The highest BCUT2D eigenvalue weighted by Gasteiger charge is 2.14. The predicted molar refractivity (Wildman–Crippen MR) is 50.0 cm³/mol. The smallest absolute Gasteiger partial charge is 0.0525 e. The largest absolute Gasteiger partial charge is 0.215 e. The van der Waals surface area contributed by atoms with Crippen LogP contribution in [0.2, 0.25) is 0 Å². The Bertz CT molecular complexity index is 217. The molecule has 0 saturated heterocycles. The molecule has 1 aliphatic rings. The van der Waals surface area contributed by atoms with Crippen LogP contribution in [0, 0.1) is 0 Å². The van der Waals surface area contributed by atoms with Crippen molar-refractivity contribution in [1.82, 2.24) is 0 Å². The molecule has 0 nitrogen and oxygen atoms in total. The molecule has 11 heavy (non-hydrogen) atoms. The first kappa shape index (κ1) is 7.23. The maximum atomic E-state index is 2.29. The lowest BCUT2D eigenvalue weighted by Crippen LogP contribution is -1.85. The summed E-state index contributed by atoms with van der Waals surface area (Å²) in [5, 5.41) is 2.20. The first-order valence-electron chi connectivity index (χ1n) is 4.35. The summed E-state index contributed by atoms with van der Waals surface area (Å²) in [5.74, 6) is 0. The zero-order valence-corrected chi connectivity index (χ0v) is 7.49. The molecule has 1 aromatic heterocycles. The van der Waals surface area contributed by atoms with E-state index in [0.717, 1.165) is 0 Å². The van der Waals surface area contributed by atoms with Crippen molar-refractivity contribution in [3.63, 3.8) is 0 Å². The minimum Gasteiger partial charge on any atom is -0.0525 e. The molecule has 1 heteroatoms. The van der Waals surface area contributed by atoms with Crippen molar-refractivity contribution in [2.45, 2.75) is 32.1 Å². The highest BCUT2D eigenvalue weighted by Crippen LogP contribution is 2.22. The molecule has 1 heterocycles. The molecule has 58 valence electrons. The molecule has 0 unspecified atom stereocenters. The van der Waals surface area contributed by atoms with Crippen molar-refractivity contribution >= 4 is 11.3 Å². The van der Waals surface area contributed by atoms with Crippen LogP contribution in [0.5, 0.6) is 0 Å². The summed E-state index contributed by atoms with van der Waals surface area (Å²) in [4.78, 5) is 1.63. The summed E-state index contributed by atoms with van der Waals surface area (Å²) < 4.78 is 0. The van der Waals surface area contributed by atoms with Gasteiger partial charge in [0, 0.05) is 12.0 Å². The van der Waals surface area contributed by atoms with Crippen LogP contribution in [0.15, 0.2) is 17.5 Å². The van der Waals surface area contributed by atoms with Crippen molar-refractivity contribution in [3.05, 3.63) is 28.0 Å². The second-order valence-corrected chi connectivity index (χ2v) is 4.12. The minimum atomic E-state index is 1.31. The van der Waals surface area contributed by atoms with Gasteiger partial charge in [-0.25, -0.2) is 0 Å². The van der Waals surface area contributed by atoms with Crippen LogP contribution in [0.25, 0.3) is 0 Å². The quantitative estimate of drug-likeness (QED) is 0.409. The van der Waals surface area contributed by atoms with E-state index in [1.807, 2.05) is 11.3 Å². The van der Waals surface area contributed by atoms with E-state index in [2.05, 4.69) is 17.5 Å². The Morgan fingerprint density at radius 3 is 3.00 bits per heavy atom. The van der Waals surface area contributed by atoms with Crippen molar-refractivity contribution in [1.29, 1.82) is 0 Å². The minimum absolute atomic E-state index is 1.31. The fraction of sp³-hybridized carbons (Fsp3) is 0.500. The van der Waals surface area contributed by atoms with Crippen LogP contribution in [-0.4, -0.2) is 0 Å². The van der Waals surface area contributed by atoms with Crippen LogP contribution in [0.1, 0.15) is 29.7 Å². The monoisotopic (exact) mass is 165 g/mol. The molecule has 0 amide bonds. The van der Waals surface area contributed by atoms with E-state index in [9.17, 15) is 0 Å². The summed E-state index contributed by atoms with van der Waals surface area (Å²) in [7, 11) is 0. The van der Waals surface area contributed by atoms with E-state index in [0.29, 0.717) is 0 Å². The van der Waals surface area contributed by atoms with Crippen LogP contribution in [0.4, 0.5) is 0 Å². The lowest BCUT2D eigenvalue weighted by molar-refractivity contribution is 0.713. The third-order valence-electron chi connectivity index (χ3n) is 2.29. The molecule has 0 N–H and O–H groups in total. The summed E-state index contributed by atoms with van der Waals surface area (Å²) in [6.07, 6.45) is 6.84. The van der Waals surface area contributed by atoms with Gasteiger partial charge in [-0.1, -0.05) is 6.42 Å².